The second kappa shape index (κ2) is 8.41. The van der Waals surface area contributed by atoms with Crippen LogP contribution in [0.25, 0.3) is 5.82 Å². The molecule has 0 fully saturated rings. The minimum Gasteiger partial charge on any atom is -0.469 e. The van der Waals surface area contributed by atoms with Crippen LogP contribution in [0, 0.1) is 5.92 Å². The second-order valence-electron chi connectivity index (χ2n) is 5.73. The second-order valence-corrected chi connectivity index (χ2v) is 5.73. The maximum absolute atomic E-state index is 12.9. The third-order valence-electron chi connectivity index (χ3n) is 4.07. The first kappa shape index (κ1) is 18.6. The number of carbonyl (C=O) groups is 2. The standard InChI is InChI=1S/C18H24N4O3/c1-5-15-14(11-20-22(15)16-9-7-8-10-19-16)17(23)21(6-2)12-13(3)18(24)25-4/h7-11,13H,5-6,12H2,1-4H3. The van der Waals surface area contributed by atoms with Gasteiger partial charge in [0.2, 0.25) is 0 Å². The Hall–Kier alpha value is -2.70. The van der Waals surface area contributed by atoms with Crippen molar-refractivity contribution in [1.82, 2.24) is 19.7 Å². The highest BCUT2D eigenvalue weighted by Crippen LogP contribution is 2.17. The fourth-order valence-corrected chi connectivity index (χ4v) is 2.70. The van der Waals surface area contributed by atoms with E-state index in [4.69, 9.17) is 4.74 Å². The lowest BCUT2D eigenvalue weighted by Crippen LogP contribution is -2.37. The van der Waals surface area contributed by atoms with Gasteiger partial charge in [-0.3, -0.25) is 9.59 Å². The van der Waals surface area contributed by atoms with Gasteiger partial charge in [-0.25, -0.2) is 9.67 Å². The molecule has 2 rings (SSSR count). The van der Waals surface area contributed by atoms with E-state index in [-0.39, 0.29) is 17.8 Å². The summed E-state index contributed by atoms with van der Waals surface area (Å²) in [7, 11) is 1.35. The Morgan fingerprint density at radius 1 is 1.32 bits per heavy atom. The van der Waals surface area contributed by atoms with E-state index in [1.807, 2.05) is 32.0 Å². The van der Waals surface area contributed by atoms with E-state index in [0.29, 0.717) is 30.9 Å². The van der Waals surface area contributed by atoms with E-state index in [0.717, 1.165) is 5.69 Å². The zero-order valence-electron chi connectivity index (χ0n) is 15.1. The van der Waals surface area contributed by atoms with Crippen LogP contribution in [0.2, 0.25) is 0 Å². The first-order chi connectivity index (χ1) is 12.0. The van der Waals surface area contributed by atoms with Gasteiger partial charge in [-0.05, 0) is 25.5 Å². The third-order valence-corrected chi connectivity index (χ3v) is 4.07. The molecule has 0 N–H and O–H groups in total. The molecule has 134 valence electrons. The summed E-state index contributed by atoms with van der Waals surface area (Å²) >= 11 is 0. The lowest BCUT2D eigenvalue weighted by molar-refractivity contribution is -0.145. The molecule has 0 saturated carbocycles. The number of hydrogen-bond donors (Lipinski definition) is 0. The smallest absolute Gasteiger partial charge is 0.310 e. The normalized spacial score (nSPS) is 11.8. The number of ether oxygens (including phenoxy) is 1. The summed E-state index contributed by atoms with van der Waals surface area (Å²) in [6.45, 7) is 6.41. The van der Waals surface area contributed by atoms with Gasteiger partial charge in [0.15, 0.2) is 5.82 Å². The number of aromatic nitrogens is 3. The van der Waals surface area contributed by atoms with Crippen LogP contribution in [-0.4, -0.2) is 51.7 Å². The summed E-state index contributed by atoms with van der Waals surface area (Å²) in [4.78, 5) is 30.5. The maximum atomic E-state index is 12.9. The van der Waals surface area contributed by atoms with Gasteiger partial charge in [0, 0.05) is 19.3 Å². The molecule has 2 aromatic rings. The molecular weight excluding hydrogens is 320 g/mol. The zero-order valence-corrected chi connectivity index (χ0v) is 15.1. The summed E-state index contributed by atoms with van der Waals surface area (Å²) in [5, 5.41) is 4.34. The van der Waals surface area contributed by atoms with Crippen LogP contribution >= 0.6 is 0 Å². The fraction of sp³-hybridized carbons (Fsp3) is 0.444. The lowest BCUT2D eigenvalue weighted by atomic mass is 10.1. The molecule has 0 aromatic carbocycles. The molecule has 0 radical (unpaired) electrons. The molecule has 0 aliphatic carbocycles. The Bertz CT molecular complexity index is 727. The van der Waals surface area contributed by atoms with E-state index in [9.17, 15) is 9.59 Å². The predicted molar refractivity (Wildman–Crippen MR) is 93.5 cm³/mol. The van der Waals surface area contributed by atoms with E-state index >= 15 is 0 Å². The van der Waals surface area contributed by atoms with Crippen molar-refractivity contribution in [2.24, 2.45) is 5.92 Å². The van der Waals surface area contributed by atoms with Gasteiger partial charge in [0.1, 0.15) is 0 Å². The molecule has 0 aliphatic rings. The van der Waals surface area contributed by atoms with Crippen molar-refractivity contribution in [1.29, 1.82) is 0 Å². The number of pyridine rings is 1. The molecular formula is C18H24N4O3. The monoisotopic (exact) mass is 344 g/mol. The van der Waals surface area contributed by atoms with Crippen molar-refractivity contribution in [3.05, 3.63) is 41.9 Å². The van der Waals surface area contributed by atoms with Crippen LogP contribution in [0.3, 0.4) is 0 Å². The first-order valence-corrected chi connectivity index (χ1v) is 8.38. The number of rotatable bonds is 7. The Morgan fingerprint density at radius 3 is 2.64 bits per heavy atom. The van der Waals surface area contributed by atoms with E-state index in [1.165, 1.54) is 7.11 Å². The average Bonchev–Trinajstić information content (AvgIpc) is 3.09. The van der Waals surface area contributed by atoms with Gasteiger partial charge in [-0.15, -0.1) is 0 Å². The van der Waals surface area contributed by atoms with Crippen molar-refractivity contribution in [2.75, 3.05) is 20.2 Å². The van der Waals surface area contributed by atoms with Gasteiger partial charge in [0.05, 0.1) is 30.5 Å². The number of esters is 1. The molecule has 0 saturated heterocycles. The Balaban J connectivity index is 2.29. The minimum absolute atomic E-state index is 0.141. The number of methoxy groups -OCH3 is 1. The van der Waals surface area contributed by atoms with Crippen LogP contribution in [0.15, 0.2) is 30.6 Å². The molecule has 1 amide bonds. The van der Waals surface area contributed by atoms with Crippen molar-refractivity contribution < 1.29 is 14.3 Å². The largest absolute Gasteiger partial charge is 0.469 e. The number of amides is 1. The van der Waals surface area contributed by atoms with Crippen molar-refractivity contribution >= 4 is 11.9 Å². The molecule has 0 bridgehead atoms. The maximum Gasteiger partial charge on any atom is 0.310 e. The van der Waals surface area contributed by atoms with Gasteiger partial charge >= 0.3 is 5.97 Å². The summed E-state index contributed by atoms with van der Waals surface area (Å²) < 4.78 is 6.43. The van der Waals surface area contributed by atoms with Gasteiger partial charge in [0.25, 0.3) is 5.91 Å². The van der Waals surface area contributed by atoms with Gasteiger partial charge in [-0.2, -0.15) is 5.10 Å². The molecule has 0 aliphatic heterocycles. The highest BCUT2D eigenvalue weighted by Gasteiger charge is 2.25. The van der Waals surface area contributed by atoms with E-state index < -0.39 is 0 Å². The number of nitrogens with zero attached hydrogens (tertiary/aromatic N) is 4. The molecule has 2 heterocycles. The summed E-state index contributed by atoms with van der Waals surface area (Å²) in [6, 6.07) is 5.55. The van der Waals surface area contributed by atoms with Gasteiger partial charge < -0.3 is 9.64 Å². The Morgan fingerprint density at radius 2 is 2.08 bits per heavy atom. The summed E-state index contributed by atoms with van der Waals surface area (Å²) in [5.74, 6) is -0.183. The molecule has 7 heteroatoms. The van der Waals surface area contributed by atoms with Crippen molar-refractivity contribution in [3.63, 3.8) is 0 Å². The minimum atomic E-state index is -0.384. The van der Waals surface area contributed by atoms with Crippen LogP contribution in [0.5, 0.6) is 0 Å². The molecule has 1 unspecified atom stereocenters. The molecule has 25 heavy (non-hydrogen) atoms. The third kappa shape index (κ3) is 4.04. The fourth-order valence-electron chi connectivity index (χ4n) is 2.70. The summed E-state index contributed by atoms with van der Waals surface area (Å²) in [5.41, 5.74) is 1.33. The van der Waals surface area contributed by atoms with E-state index in [1.54, 1.807) is 28.9 Å². The predicted octanol–water partition coefficient (Wildman–Crippen LogP) is 2.10. The van der Waals surface area contributed by atoms with Crippen molar-refractivity contribution in [2.45, 2.75) is 27.2 Å². The van der Waals surface area contributed by atoms with Crippen LogP contribution in [0.4, 0.5) is 0 Å². The highest BCUT2D eigenvalue weighted by atomic mass is 16.5. The average molecular weight is 344 g/mol. The molecule has 1 atom stereocenters. The van der Waals surface area contributed by atoms with Gasteiger partial charge in [-0.1, -0.05) is 19.9 Å². The van der Waals surface area contributed by atoms with Crippen LogP contribution < -0.4 is 0 Å². The first-order valence-electron chi connectivity index (χ1n) is 8.38. The molecule has 7 nitrogen and oxygen atoms in total. The number of carbonyl (C=O) groups excluding carboxylic acids is 2. The van der Waals surface area contributed by atoms with E-state index in [2.05, 4.69) is 10.1 Å². The summed E-state index contributed by atoms with van der Waals surface area (Å²) in [6.07, 6.45) is 3.90. The number of hydrogen-bond acceptors (Lipinski definition) is 5. The van der Waals surface area contributed by atoms with Crippen molar-refractivity contribution in [3.8, 4) is 5.82 Å². The Kier molecular flexibility index (Phi) is 6.27. The quantitative estimate of drug-likeness (QED) is 0.719. The molecule has 0 spiro atoms. The molecule has 2 aromatic heterocycles. The SMILES string of the molecule is CCc1c(C(=O)N(CC)CC(C)C(=O)OC)cnn1-c1ccccn1. The zero-order chi connectivity index (χ0) is 18.4. The highest BCUT2D eigenvalue weighted by molar-refractivity contribution is 5.95. The van der Waals surface area contributed by atoms with Crippen LogP contribution in [0.1, 0.15) is 36.8 Å². The van der Waals surface area contributed by atoms with Crippen LogP contribution in [-0.2, 0) is 16.0 Å². The topological polar surface area (TPSA) is 77.3 Å². The Labute approximate surface area is 147 Å². The lowest BCUT2D eigenvalue weighted by Gasteiger charge is -2.23.